The van der Waals surface area contributed by atoms with Gasteiger partial charge < -0.3 is 21.1 Å². The highest BCUT2D eigenvalue weighted by atomic mass is 32.2. The molecule has 1 aromatic carbocycles. The third-order valence-corrected chi connectivity index (χ3v) is 13.0. The SMILES string of the molecule is CC(CC/C=C\[C@@H]1C[C@]1(C)C(=O)NS(=O)(=O)C1(C)CC1)C[C@@H](C)[C@H](N)C(=O)N1C[C@H](Oc2nc3nccn3c3ccccc23)C[C@H]1C(N)=O. The van der Waals surface area contributed by atoms with E-state index in [0.29, 0.717) is 37.3 Å². The molecular formula is C35H47N7O6S. The number of sulfonamides is 1. The zero-order valence-corrected chi connectivity index (χ0v) is 29.4. The van der Waals surface area contributed by atoms with Crippen LogP contribution in [0.25, 0.3) is 16.7 Å². The van der Waals surface area contributed by atoms with E-state index in [1.165, 1.54) is 4.90 Å². The van der Waals surface area contributed by atoms with Crippen molar-refractivity contribution in [1.29, 1.82) is 0 Å². The minimum Gasteiger partial charge on any atom is -0.472 e. The molecule has 3 fully saturated rings. The van der Waals surface area contributed by atoms with Crippen molar-refractivity contribution in [2.75, 3.05) is 6.54 Å². The number of amides is 3. The van der Waals surface area contributed by atoms with Crippen LogP contribution in [0.5, 0.6) is 5.88 Å². The second-order valence-electron chi connectivity index (χ2n) is 14.9. The molecule has 3 heterocycles. The van der Waals surface area contributed by atoms with Crippen LogP contribution in [-0.4, -0.2) is 74.9 Å². The lowest BCUT2D eigenvalue weighted by Gasteiger charge is -2.29. The summed E-state index contributed by atoms with van der Waals surface area (Å²) in [6.45, 7) is 7.69. The first-order valence-electron chi connectivity index (χ1n) is 17.1. The van der Waals surface area contributed by atoms with E-state index < -0.39 is 50.2 Å². The molecule has 2 aliphatic carbocycles. The number of allylic oxidation sites excluding steroid dienone is 2. The largest absolute Gasteiger partial charge is 0.472 e. The Bertz CT molecular complexity index is 1910. The third-order valence-electron chi connectivity index (χ3n) is 10.9. The van der Waals surface area contributed by atoms with Gasteiger partial charge in [-0.25, -0.2) is 13.4 Å². The van der Waals surface area contributed by atoms with Crippen LogP contribution in [0.1, 0.15) is 72.6 Å². The standard InChI is InChI=1S/C35H47N7O6S/c1-21(9-5-6-10-23-19-35(23,4)32(45)40-49(46,47)34(3)13-14-34)17-22(2)28(36)31(44)42-20-24(18-27(42)29(37)43)48-30-25-11-7-8-12-26(25)41-16-15-38-33(41)39-30/h6-8,10-12,15-16,21-24,27-28H,5,9,13-14,17-20,36H2,1-4H3,(H2,37,43)(H,40,45)/b10-6-/t21?,22-,23-,24-,27+,28+,35+/m1/s1. The van der Waals surface area contributed by atoms with Crippen LogP contribution < -0.4 is 20.9 Å². The van der Waals surface area contributed by atoms with Gasteiger partial charge >= 0.3 is 0 Å². The van der Waals surface area contributed by atoms with Gasteiger partial charge in [-0.15, -0.1) is 0 Å². The molecule has 3 amide bonds. The van der Waals surface area contributed by atoms with Crippen molar-refractivity contribution in [3.8, 4) is 5.88 Å². The summed E-state index contributed by atoms with van der Waals surface area (Å²) in [4.78, 5) is 49.2. The molecule has 0 bridgehead atoms. The number of carbonyl (C=O) groups is 3. The summed E-state index contributed by atoms with van der Waals surface area (Å²) >= 11 is 0. The molecule has 6 rings (SSSR count). The van der Waals surface area contributed by atoms with Gasteiger partial charge in [0.15, 0.2) is 0 Å². The van der Waals surface area contributed by atoms with Crippen LogP contribution in [0.4, 0.5) is 0 Å². The minimum atomic E-state index is -3.65. The molecule has 5 N–H and O–H groups in total. The van der Waals surface area contributed by atoms with E-state index in [-0.39, 0.29) is 36.6 Å². The number of rotatable bonds is 14. The molecule has 3 aliphatic rings. The normalized spacial score (nSPS) is 26.5. The number of imidazole rings is 1. The lowest BCUT2D eigenvalue weighted by molar-refractivity contribution is -0.139. The number of hydrogen-bond acceptors (Lipinski definition) is 9. The number of fused-ring (bicyclic) bond motifs is 3. The summed E-state index contributed by atoms with van der Waals surface area (Å²) < 4.78 is 34.6. The molecule has 1 aliphatic heterocycles. The second kappa shape index (κ2) is 13.0. The second-order valence-corrected chi connectivity index (χ2v) is 17.1. The highest BCUT2D eigenvalue weighted by Gasteiger charge is 2.58. The van der Waals surface area contributed by atoms with Crippen molar-refractivity contribution in [2.45, 2.75) is 95.6 Å². The van der Waals surface area contributed by atoms with Crippen LogP contribution in [0.15, 0.2) is 48.8 Å². The Morgan fingerprint density at radius 1 is 1.18 bits per heavy atom. The first-order chi connectivity index (χ1) is 23.1. The molecule has 2 aromatic heterocycles. The topological polar surface area (TPSA) is 192 Å². The average Bonchev–Trinajstić information content (AvgIpc) is 3.81. The number of aromatic nitrogens is 3. The highest BCUT2D eigenvalue weighted by molar-refractivity contribution is 7.91. The summed E-state index contributed by atoms with van der Waals surface area (Å²) in [6.07, 6.45) is 11.4. The number of primary amides is 1. The van der Waals surface area contributed by atoms with E-state index in [1.54, 1.807) is 20.0 Å². The minimum absolute atomic E-state index is 0.00421. The van der Waals surface area contributed by atoms with Gasteiger partial charge in [-0.1, -0.05) is 45.1 Å². The zero-order valence-electron chi connectivity index (χ0n) is 28.5. The molecule has 1 unspecified atom stereocenters. The lowest BCUT2D eigenvalue weighted by atomic mass is 9.88. The number of likely N-dealkylation sites (tertiary alicyclic amines) is 1. The van der Waals surface area contributed by atoms with Gasteiger partial charge in [-0.2, -0.15) is 4.98 Å². The predicted octanol–water partition coefficient (Wildman–Crippen LogP) is 3.07. The van der Waals surface area contributed by atoms with Crippen molar-refractivity contribution < 1.29 is 27.5 Å². The molecule has 3 aromatic rings. The Balaban J connectivity index is 0.995. The fourth-order valence-electron chi connectivity index (χ4n) is 6.95. The van der Waals surface area contributed by atoms with Gasteiger partial charge in [-0.05, 0) is 75.3 Å². The summed E-state index contributed by atoms with van der Waals surface area (Å²) in [7, 11) is -3.65. The summed E-state index contributed by atoms with van der Waals surface area (Å²) in [6, 6.07) is 6.01. The number of ether oxygens (including phenoxy) is 1. The summed E-state index contributed by atoms with van der Waals surface area (Å²) in [5, 5.41) is 0.785. The fraction of sp³-hybridized carbons (Fsp3) is 0.571. The number of nitrogens with one attached hydrogen (secondary N) is 1. The average molecular weight is 694 g/mol. The smallest absolute Gasteiger partial charge is 0.240 e. The van der Waals surface area contributed by atoms with Gasteiger partial charge in [0, 0.05) is 18.8 Å². The summed E-state index contributed by atoms with van der Waals surface area (Å²) in [5.74, 6) is -0.395. The molecule has 49 heavy (non-hydrogen) atoms. The Hall–Kier alpha value is -4.04. The molecule has 14 heteroatoms. The van der Waals surface area contributed by atoms with Gasteiger partial charge in [0.25, 0.3) is 0 Å². The first kappa shape index (κ1) is 34.8. The molecule has 1 saturated heterocycles. The first-order valence-corrected chi connectivity index (χ1v) is 18.6. The third kappa shape index (κ3) is 6.89. The zero-order chi connectivity index (χ0) is 35.3. The van der Waals surface area contributed by atoms with E-state index in [0.717, 1.165) is 23.7 Å². The van der Waals surface area contributed by atoms with Crippen molar-refractivity contribution in [1.82, 2.24) is 24.0 Å². The fourth-order valence-corrected chi connectivity index (χ4v) is 8.31. The van der Waals surface area contributed by atoms with Gasteiger partial charge in [0.1, 0.15) is 12.1 Å². The van der Waals surface area contributed by atoms with Crippen molar-refractivity contribution >= 4 is 44.4 Å². The molecule has 13 nitrogen and oxygen atoms in total. The lowest BCUT2D eigenvalue weighted by Crippen LogP contribution is -2.52. The maximum Gasteiger partial charge on any atom is 0.240 e. The van der Waals surface area contributed by atoms with Crippen molar-refractivity contribution in [3.05, 3.63) is 48.8 Å². The predicted molar refractivity (Wildman–Crippen MR) is 184 cm³/mol. The Morgan fingerprint density at radius 3 is 2.63 bits per heavy atom. The van der Waals surface area contributed by atoms with Crippen LogP contribution in [0.2, 0.25) is 0 Å². The van der Waals surface area contributed by atoms with E-state index >= 15 is 0 Å². The highest BCUT2D eigenvalue weighted by Crippen LogP contribution is 2.54. The van der Waals surface area contributed by atoms with Crippen LogP contribution in [-0.2, 0) is 24.4 Å². The molecule has 264 valence electrons. The Morgan fingerprint density at radius 2 is 1.92 bits per heavy atom. The van der Waals surface area contributed by atoms with Crippen molar-refractivity contribution in [2.24, 2.45) is 34.6 Å². The monoisotopic (exact) mass is 693 g/mol. The molecule has 7 atom stereocenters. The Labute approximate surface area is 286 Å². The molecule has 0 spiro atoms. The van der Waals surface area contributed by atoms with Gasteiger partial charge in [-0.3, -0.25) is 23.5 Å². The number of hydrogen-bond donors (Lipinski definition) is 3. The van der Waals surface area contributed by atoms with Crippen LogP contribution in [0.3, 0.4) is 0 Å². The van der Waals surface area contributed by atoms with Crippen LogP contribution in [0, 0.1) is 23.2 Å². The number of benzene rings is 1. The molecular weight excluding hydrogens is 646 g/mol. The van der Waals surface area contributed by atoms with Crippen molar-refractivity contribution in [3.63, 3.8) is 0 Å². The van der Waals surface area contributed by atoms with E-state index in [9.17, 15) is 22.8 Å². The number of carbonyl (C=O) groups excluding carboxylic acids is 3. The van der Waals surface area contributed by atoms with Gasteiger partial charge in [0.2, 0.25) is 39.4 Å². The maximum atomic E-state index is 13.7. The van der Waals surface area contributed by atoms with Crippen LogP contribution >= 0.6 is 0 Å². The van der Waals surface area contributed by atoms with Gasteiger partial charge in [0.05, 0.1) is 33.7 Å². The maximum absolute atomic E-state index is 13.7. The Kier molecular flexibility index (Phi) is 9.24. The van der Waals surface area contributed by atoms with E-state index in [2.05, 4.69) is 27.7 Å². The number of nitrogens with zero attached hydrogens (tertiary/aromatic N) is 4. The number of nitrogens with two attached hydrogens (primary N) is 2. The quantitative estimate of drug-likeness (QED) is 0.213. The molecule has 2 saturated carbocycles. The molecule has 0 radical (unpaired) electrons. The number of para-hydroxylation sites is 1. The van der Waals surface area contributed by atoms with E-state index in [4.69, 9.17) is 16.2 Å². The summed E-state index contributed by atoms with van der Waals surface area (Å²) in [5.41, 5.74) is 12.4. The van der Waals surface area contributed by atoms with E-state index in [1.807, 2.05) is 47.9 Å².